The molecule has 0 aliphatic heterocycles. The molecule has 0 aromatic rings. The lowest BCUT2D eigenvalue weighted by atomic mass is 10.0. The molecule has 0 bridgehead atoms. The number of unbranched alkanes of at least 4 members (excludes halogenated alkanes) is 43. The lowest BCUT2D eigenvalue weighted by Crippen LogP contribution is -2.45. The minimum Gasteiger partial charge on any atom is -0.394 e. The van der Waals surface area contributed by atoms with E-state index in [4.69, 9.17) is 0 Å². The van der Waals surface area contributed by atoms with Crippen LogP contribution in [-0.4, -0.2) is 34.9 Å². The van der Waals surface area contributed by atoms with Gasteiger partial charge in [0.2, 0.25) is 5.91 Å². The summed E-state index contributed by atoms with van der Waals surface area (Å²) in [6.07, 6.45) is 98.0. The van der Waals surface area contributed by atoms with Crippen molar-refractivity contribution < 1.29 is 15.0 Å². The maximum absolute atomic E-state index is 12.5. The highest BCUT2D eigenvalue weighted by Crippen LogP contribution is 2.18. The molecule has 1 amide bonds. The van der Waals surface area contributed by atoms with Gasteiger partial charge in [0, 0.05) is 6.42 Å². The molecule has 0 aliphatic rings. The van der Waals surface area contributed by atoms with Crippen LogP contribution >= 0.6 is 0 Å². The van der Waals surface area contributed by atoms with Gasteiger partial charge in [-0.15, -0.1) is 0 Å². The molecule has 0 aliphatic carbocycles. The van der Waals surface area contributed by atoms with E-state index in [0.717, 1.165) is 64.2 Å². The van der Waals surface area contributed by atoms with E-state index in [1.54, 1.807) is 6.08 Å². The Kier molecular flexibility index (Phi) is 64.7. The first-order chi connectivity index (χ1) is 37.7. The Labute approximate surface area is 475 Å². The third-order valence-corrected chi connectivity index (χ3v) is 15.4. The zero-order chi connectivity index (χ0) is 54.8. The fourth-order valence-corrected chi connectivity index (χ4v) is 10.3. The zero-order valence-electron chi connectivity index (χ0n) is 51.0. The maximum atomic E-state index is 12.5. The average molecular weight is 1060 g/mol. The largest absolute Gasteiger partial charge is 0.394 e. The number of hydrogen-bond donors (Lipinski definition) is 3. The van der Waals surface area contributed by atoms with Gasteiger partial charge in [-0.3, -0.25) is 4.79 Å². The predicted octanol–water partition coefficient (Wildman–Crippen LogP) is 23.0. The summed E-state index contributed by atoms with van der Waals surface area (Å²) in [5.41, 5.74) is 0. The van der Waals surface area contributed by atoms with Crippen LogP contribution in [-0.2, 0) is 4.79 Å². The molecule has 0 aromatic carbocycles. The Morgan fingerprint density at radius 2 is 0.579 bits per heavy atom. The summed E-state index contributed by atoms with van der Waals surface area (Å²) in [5, 5.41) is 23.3. The van der Waals surface area contributed by atoms with Crippen molar-refractivity contribution in [3.8, 4) is 0 Å². The Bertz CT molecular complexity index is 1340. The first kappa shape index (κ1) is 73.6. The van der Waals surface area contributed by atoms with Gasteiger partial charge in [0.05, 0.1) is 18.8 Å². The Balaban J connectivity index is 3.44. The topological polar surface area (TPSA) is 69.6 Å². The molecule has 2 atom stereocenters. The van der Waals surface area contributed by atoms with Crippen molar-refractivity contribution in [2.45, 2.75) is 360 Å². The molecule has 2 unspecified atom stereocenters. The molecule has 0 radical (unpaired) electrons. The van der Waals surface area contributed by atoms with Gasteiger partial charge in [0.25, 0.3) is 0 Å². The van der Waals surface area contributed by atoms with Crippen LogP contribution in [0.2, 0.25) is 0 Å². The van der Waals surface area contributed by atoms with E-state index in [9.17, 15) is 15.0 Å². The molecule has 0 saturated carbocycles. The number of rotatable bonds is 62. The molecule has 0 spiro atoms. The first-order valence-electron chi connectivity index (χ1n) is 33.8. The van der Waals surface area contributed by atoms with Crippen LogP contribution in [0.4, 0.5) is 0 Å². The SMILES string of the molecule is CC/C=C\C/C=C\C/C=C\C/C=C\C/C=C\C/C=C\CCCCCCCCCCCCCCCCCCCCCCCCC(=O)NC(CO)C(O)/C=C/CCCCCCCCCCCCCCCCCCCCCCC. The number of carbonyl (C=O) groups excluding carboxylic acids is 1. The summed E-state index contributed by atoms with van der Waals surface area (Å²) in [6.45, 7) is 4.22. The monoisotopic (exact) mass is 1060 g/mol. The second kappa shape index (κ2) is 66.8. The minimum absolute atomic E-state index is 0.0587. The van der Waals surface area contributed by atoms with E-state index in [-0.39, 0.29) is 12.5 Å². The van der Waals surface area contributed by atoms with Crippen molar-refractivity contribution in [3.63, 3.8) is 0 Å². The molecule has 0 aromatic heterocycles. The summed E-state index contributed by atoms with van der Waals surface area (Å²) in [6, 6.07) is -0.624. The van der Waals surface area contributed by atoms with E-state index in [2.05, 4.69) is 92.1 Å². The van der Waals surface area contributed by atoms with Gasteiger partial charge in [0.15, 0.2) is 0 Å². The third kappa shape index (κ3) is 62.4. The van der Waals surface area contributed by atoms with E-state index < -0.39 is 12.1 Å². The fourth-order valence-electron chi connectivity index (χ4n) is 10.3. The summed E-state index contributed by atoms with van der Waals surface area (Å²) in [4.78, 5) is 12.5. The molecule has 4 nitrogen and oxygen atoms in total. The van der Waals surface area contributed by atoms with Crippen molar-refractivity contribution in [3.05, 3.63) is 85.1 Å². The van der Waals surface area contributed by atoms with Gasteiger partial charge in [-0.25, -0.2) is 0 Å². The third-order valence-electron chi connectivity index (χ3n) is 15.4. The molecular formula is C72H131NO3. The van der Waals surface area contributed by atoms with Crippen LogP contribution in [0.25, 0.3) is 0 Å². The second-order valence-electron chi connectivity index (χ2n) is 22.9. The van der Waals surface area contributed by atoms with Crippen molar-refractivity contribution in [2.75, 3.05) is 6.61 Å². The van der Waals surface area contributed by atoms with E-state index in [1.165, 1.54) is 263 Å². The van der Waals surface area contributed by atoms with Crippen LogP contribution in [0, 0.1) is 0 Å². The molecule has 76 heavy (non-hydrogen) atoms. The fraction of sp³-hybridized carbons (Fsp3) is 0.792. The number of aliphatic hydroxyl groups is 2. The minimum atomic E-state index is -0.841. The zero-order valence-corrected chi connectivity index (χ0v) is 51.0. The molecular weight excluding hydrogens is 927 g/mol. The highest BCUT2D eigenvalue weighted by Gasteiger charge is 2.18. The number of nitrogens with one attached hydrogen (secondary N) is 1. The van der Waals surface area contributed by atoms with Crippen LogP contribution in [0.15, 0.2) is 85.1 Å². The van der Waals surface area contributed by atoms with Gasteiger partial charge in [-0.1, -0.05) is 356 Å². The summed E-state index contributed by atoms with van der Waals surface area (Å²) < 4.78 is 0. The van der Waals surface area contributed by atoms with Crippen LogP contribution in [0.1, 0.15) is 348 Å². The second-order valence-corrected chi connectivity index (χ2v) is 22.9. The molecule has 3 N–H and O–H groups in total. The van der Waals surface area contributed by atoms with Crippen molar-refractivity contribution in [1.29, 1.82) is 0 Å². The lowest BCUT2D eigenvalue weighted by molar-refractivity contribution is -0.123. The quantitative estimate of drug-likeness (QED) is 0.0420. The highest BCUT2D eigenvalue weighted by atomic mass is 16.3. The molecule has 0 heterocycles. The highest BCUT2D eigenvalue weighted by molar-refractivity contribution is 5.76. The Morgan fingerprint density at radius 3 is 0.868 bits per heavy atom. The number of amides is 1. The van der Waals surface area contributed by atoms with E-state index >= 15 is 0 Å². The molecule has 0 fully saturated rings. The number of hydrogen-bond acceptors (Lipinski definition) is 3. The number of aliphatic hydroxyl groups excluding tert-OH is 2. The summed E-state index contributed by atoms with van der Waals surface area (Å²) in [7, 11) is 0. The summed E-state index contributed by atoms with van der Waals surface area (Å²) in [5.74, 6) is -0.0587. The molecule has 442 valence electrons. The standard InChI is InChI=1S/C72H131NO3/c1-3-5-7-9-11-13-15-17-19-21-23-25-27-28-29-30-31-32-33-34-35-36-37-38-39-40-41-42-43-44-46-48-50-52-54-56-58-60-62-64-66-68-72(76)73-70(69-74)71(75)67-65-63-61-59-57-55-53-51-49-47-45-26-24-22-20-18-16-14-12-10-8-6-4-2/h5,7,11,13,17,19,23,25,28-29,31-32,65,67,70-71,74-75H,3-4,6,8-10,12,14-16,18,20-22,24,26-27,30,33-64,66,68-69H2,1-2H3,(H,73,76)/b7-5-,13-11-,19-17-,25-23-,29-28-,32-31-,67-65+. The Morgan fingerprint density at radius 1 is 0.329 bits per heavy atom. The van der Waals surface area contributed by atoms with Gasteiger partial charge in [0.1, 0.15) is 0 Å². The van der Waals surface area contributed by atoms with Gasteiger partial charge in [-0.05, 0) is 70.6 Å². The van der Waals surface area contributed by atoms with Crippen molar-refractivity contribution in [1.82, 2.24) is 5.32 Å². The molecule has 0 rings (SSSR count). The summed E-state index contributed by atoms with van der Waals surface area (Å²) >= 11 is 0. The van der Waals surface area contributed by atoms with E-state index in [1.807, 2.05) is 6.08 Å². The molecule has 0 saturated heterocycles. The van der Waals surface area contributed by atoms with Crippen molar-refractivity contribution in [2.24, 2.45) is 0 Å². The van der Waals surface area contributed by atoms with E-state index in [0.29, 0.717) is 6.42 Å². The number of carbonyl (C=O) groups is 1. The van der Waals surface area contributed by atoms with Crippen LogP contribution in [0.5, 0.6) is 0 Å². The average Bonchev–Trinajstić information content (AvgIpc) is 3.42. The van der Waals surface area contributed by atoms with Crippen LogP contribution < -0.4 is 5.32 Å². The molecule has 4 heteroatoms. The van der Waals surface area contributed by atoms with Gasteiger partial charge < -0.3 is 15.5 Å². The predicted molar refractivity (Wildman–Crippen MR) is 340 cm³/mol. The Hall–Kier alpha value is -2.43. The van der Waals surface area contributed by atoms with Crippen LogP contribution in [0.3, 0.4) is 0 Å². The van der Waals surface area contributed by atoms with Gasteiger partial charge in [-0.2, -0.15) is 0 Å². The van der Waals surface area contributed by atoms with Crippen molar-refractivity contribution >= 4 is 5.91 Å². The maximum Gasteiger partial charge on any atom is 0.220 e. The normalized spacial score (nSPS) is 13.3. The smallest absolute Gasteiger partial charge is 0.220 e. The van der Waals surface area contributed by atoms with Gasteiger partial charge >= 0.3 is 0 Å². The number of allylic oxidation sites excluding steroid dienone is 13. The first-order valence-corrected chi connectivity index (χ1v) is 33.8. The lowest BCUT2D eigenvalue weighted by Gasteiger charge is -2.20.